The molecule has 1 saturated carbocycles. The molecular weight excluding hydrogens is 400 g/mol. The summed E-state index contributed by atoms with van der Waals surface area (Å²) in [7, 11) is 0. The number of hydrogen-bond donors (Lipinski definition) is 1. The van der Waals surface area contributed by atoms with Crippen LogP contribution in [0.2, 0.25) is 5.02 Å². The van der Waals surface area contributed by atoms with Gasteiger partial charge in [-0.1, -0.05) is 42.6 Å². The van der Waals surface area contributed by atoms with Crippen molar-refractivity contribution in [3.8, 4) is 0 Å². The van der Waals surface area contributed by atoms with Crippen LogP contribution >= 0.6 is 22.9 Å². The normalized spacial score (nSPS) is 18.9. The van der Waals surface area contributed by atoms with E-state index in [4.69, 9.17) is 11.6 Å². The standard InChI is InChI=1S/C19H19ClN4O3S/c20-14-6-2-1-5-13(14)11-23-9-10-28-18(23)21-15(25)12-24-16(26)19(22-17(24)27)7-3-4-8-19/h1-2,5-6,9-10H,3-4,7-8,11-12H2,(H,22,27). The summed E-state index contributed by atoms with van der Waals surface area (Å²) in [5, 5.41) is 5.23. The first-order valence-corrected chi connectivity index (χ1v) is 10.3. The highest BCUT2D eigenvalue weighted by Gasteiger charge is 2.52. The molecule has 1 aromatic heterocycles. The topological polar surface area (TPSA) is 83.8 Å². The van der Waals surface area contributed by atoms with Crippen LogP contribution in [0.4, 0.5) is 4.79 Å². The second-order valence-corrected chi connectivity index (χ2v) is 8.30. The average Bonchev–Trinajstić information content (AvgIpc) is 3.36. The van der Waals surface area contributed by atoms with Crippen molar-refractivity contribution in [3.63, 3.8) is 0 Å². The number of carbonyl (C=O) groups excluding carboxylic acids is 3. The molecule has 4 rings (SSSR count). The number of imide groups is 1. The lowest BCUT2D eigenvalue weighted by Gasteiger charge is -2.19. The Balaban J connectivity index is 1.50. The SMILES string of the molecule is O=C(CN1C(=O)NC2(CCCC2)C1=O)N=c1sccn1Cc1ccccc1Cl. The van der Waals surface area contributed by atoms with Crippen molar-refractivity contribution < 1.29 is 14.4 Å². The molecule has 1 aromatic carbocycles. The van der Waals surface area contributed by atoms with E-state index in [0.717, 1.165) is 23.3 Å². The molecule has 1 N–H and O–H groups in total. The maximum atomic E-state index is 12.7. The number of rotatable bonds is 4. The summed E-state index contributed by atoms with van der Waals surface area (Å²) in [6.45, 7) is 0.123. The lowest BCUT2D eigenvalue weighted by Crippen LogP contribution is -2.44. The first-order valence-electron chi connectivity index (χ1n) is 9.07. The van der Waals surface area contributed by atoms with Gasteiger partial charge in [-0.05, 0) is 24.5 Å². The van der Waals surface area contributed by atoms with Crippen LogP contribution in [0.25, 0.3) is 0 Å². The smallest absolute Gasteiger partial charge is 0.323 e. The summed E-state index contributed by atoms with van der Waals surface area (Å²) in [6, 6.07) is 6.96. The molecule has 2 heterocycles. The predicted octanol–water partition coefficient (Wildman–Crippen LogP) is 2.54. The molecule has 9 heteroatoms. The fraction of sp³-hybridized carbons (Fsp3) is 0.368. The number of aromatic nitrogens is 1. The van der Waals surface area contributed by atoms with E-state index in [2.05, 4.69) is 10.3 Å². The molecule has 28 heavy (non-hydrogen) atoms. The number of nitrogens with zero attached hydrogens (tertiary/aromatic N) is 3. The molecular formula is C19H19ClN4O3S. The van der Waals surface area contributed by atoms with E-state index in [0.29, 0.717) is 29.2 Å². The highest BCUT2D eigenvalue weighted by Crippen LogP contribution is 2.34. The van der Waals surface area contributed by atoms with Crippen molar-refractivity contribution >= 4 is 40.8 Å². The van der Waals surface area contributed by atoms with Crippen LogP contribution in [0.15, 0.2) is 40.8 Å². The van der Waals surface area contributed by atoms with Gasteiger partial charge in [0.25, 0.3) is 11.8 Å². The van der Waals surface area contributed by atoms with E-state index in [9.17, 15) is 14.4 Å². The van der Waals surface area contributed by atoms with Gasteiger partial charge < -0.3 is 9.88 Å². The van der Waals surface area contributed by atoms with Gasteiger partial charge in [-0.25, -0.2) is 4.79 Å². The number of thiazole rings is 1. The van der Waals surface area contributed by atoms with Gasteiger partial charge in [0.1, 0.15) is 12.1 Å². The third-order valence-corrected chi connectivity index (χ3v) is 6.34. The summed E-state index contributed by atoms with van der Waals surface area (Å²) in [5.74, 6) is -0.845. The molecule has 1 saturated heterocycles. The van der Waals surface area contributed by atoms with Gasteiger partial charge in [0, 0.05) is 16.6 Å². The molecule has 0 bridgehead atoms. The lowest BCUT2D eigenvalue weighted by molar-refractivity contribution is -0.134. The third kappa shape index (κ3) is 3.49. The van der Waals surface area contributed by atoms with Crippen LogP contribution in [0.5, 0.6) is 0 Å². The molecule has 2 aliphatic rings. The van der Waals surface area contributed by atoms with E-state index < -0.39 is 17.5 Å². The zero-order valence-corrected chi connectivity index (χ0v) is 16.6. The maximum Gasteiger partial charge on any atom is 0.325 e. The highest BCUT2D eigenvalue weighted by molar-refractivity contribution is 7.07. The van der Waals surface area contributed by atoms with Crippen molar-refractivity contribution in [2.75, 3.05) is 6.54 Å². The van der Waals surface area contributed by atoms with Crippen molar-refractivity contribution in [1.29, 1.82) is 0 Å². The monoisotopic (exact) mass is 418 g/mol. The van der Waals surface area contributed by atoms with Gasteiger partial charge in [-0.2, -0.15) is 4.99 Å². The fourth-order valence-corrected chi connectivity index (χ4v) is 4.67. The molecule has 1 aliphatic carbocycles. The highest BCUT2D eigenvalue weighted by atomic mass is 35.5. The van der Waals surface area contributed by atoms with E-state index in [-0.39, 0.29) is 12.5 Å². The van der Waals surface area contributed by atoms with E-state index in [1.165, 1.54) is 11.3 Å². The minimum atomic E-state index is -0.815. The number of carbonyl (C=O) groups is 3. The first-order chi connectivity index (χ1) is 13.5. The van der Waals surface area contributed by atoms with Gasteiger partial charge in [0.05, 0.1) is 6.54 Å². The Morgan fingerprint density at radius 1 is 1.25 bits per heavy atom. The Labute approximate surface area is 170 Å². The number of urea groups is 1. The molecule has 0 unspecified atom stereocenters. The zero-order chi connectivity index (χ0) is 19.7. The van der Waals surface area contributed by atoms with Gasteiger partial charge in [0.2, 0.25) is 0 Å². The van der Waals surface area contributed by atoms with Gasteiger partial charge in [0.15, 0.2) is 4.80 Å². The Kier molecular flexibility index (Phi) is 5.07. The van der Waals surface area contributed by atoms with E-state index in [1.807, 2.05) is 40.4 Å². The van der Waals surface area contributed by atoms with Crippen molar-refractivity contribution in [2.24, 2.45) is 4.99 Å². The molecule has 1 aliphatic heterocycles. The number of halogens is 1. The molecule has 0 radical (unpaired) electrons. The third-order valence-electron chi connectivity index (χ3n) is 5.18. The molecule has 0 atom stereocenters. The zero-order valence-electron chi connectivity index (χ0n) is 15.1. The second kappa shape index (κ2) is 7.52. The lowest BCUT2D eigenvalue weighted by atomic mass is 9.98. The van der Waals surface area contributed by atoms with Gasteiger partial charge in [-0.15, -0.1) is 11.3 Å². The molecule has 2 fully saturated rings. The Hall–Kier alpha value is -2.45. The quantitative estimate of drug-likeness (QED) is 0.774. The van der Waals surface area contributed by atoms with Crippen LogP contribution in [-0.2, 0) is 16.1 Å². The largest absolute Gasteiger partial charge is 0.325 e. The van der Waals surface area contributed by atoms with Gasteiger partial charge >= 0.3 is 6.03 Å². The minimum Gasteiger partial charge on any atom is -0.323 e. The van der Waals surface area contributed by atoms with Crippen LogP contribution < -0.4 is 10.1 Å². The Bertz CT molecular complexity index is 1010. The minimum absolute atomic E-state index is 0.311. The number of hydrogen-bond acceptors (Lipinski definition) is 4. The number of nitrogens with one attached hydrogen (secondary N) is 1. The van der Waals surface area contributed by atoms with Crippen LogP contribution in [-0.4, -0.2) is 39.4 Å². The van der Waals surface area contributed by atoms with E-state index in [1.54, 1.807) is 0 Å². The summed E-state index contributed by atoms with van der Waals surface area (Å²) >= 11 is 7.52. The molecule has 2 aromatic rings. The molecule has 1 spiro atoms. The summed E-state index contributed by atoms with van der Waals surface area (Å²) in [5.41, 5.74) is 0.0957. The van der Waals surface area contributed by atoms with Crippen molar-refractivity contribution in [3.05, 3.63) is 51.2 Å². The average molecular weight is 419 g/mol. The van der Waals surface area contributed by atoms with Crippen molar-refractivity contribution in [1.82, 2.24) is 14.8 Å². The Morgan fingerprint density at radius 3 is 2.75 bits per heavy atom. The molecule has 146 valence electrons. The van der Waals surface area contributed by atoms with E-state index >= 15 is 0 Å². The predicted molar refractivity (Wildman–Crippen MR) is 105 cm³/mol. The summed E-state index contributed by atoms with van der Waals surface area (Å²) in [6.07, 6.45) is 4.87. The molecule has 4 amide bonds. The number of benzene rings is 1. The maximum absolute atomic E-state index is 12.7. The Morgan fingerprint density at radius 2 is 2.00 bits per heavy atom. The first kappa shape index (κ1) is 18.9. The summed E-state index contributed by atoms with van der Waals surface area (Å²) in [4.78, 5) is 42.9. The summed E-state index contributed by atoms with van der Waals surface area (Å²) < 4.78 is 1.81. The molecule has 7 nitrogen and oxygen atoms in total. The fourth-order valence-electron chi connectivity index (χ4n) is 3.73. The van der Waals surface area contributed by atoms with Crippen LogP contribution in [0.1, 0.15) is 31.2 Å². The van der Waals surface area contributed by atoms with Gasteiger partial charge in [-0.3, -0.25) is 14.5 Å². The second-order valence-electron chi connectivity index (χ2n) is 7.02. The van der Waals surface area contributed by atoms with Crippen LogP contribution in [0.3, 0.4) is 0 Å². The number of amides is 4. The van der Waals surface area contributed by atoms with Crippen molar-refractivity contribution in [2.45, 2.75) is 37.8 Å². The van der Waals surface area contributed by atoms with Crippen LogP contribution in [0, 0.1) is 0 Å².